The van der Waals surface area contributed by atoms with Gasteiger partial charge in [-0.2, -0.15) is 0 Å². The van der Waals surface area contributed by atoms with E-state index in [0.717, 1.165) is 11.8 Å². The molecule has 0 radical (unpaired) electrons. The van der Waals surface area contributed by atoms with Gasteiger partial charge in [-0.1, -0.05) is 0 Å². The first kappa shape index (κ1) is 10.8. The monoisotopic (exact) mass is 215 g/mol. The van der Waals surface area contributed by atoms with Crippen LogP contribution in [0.15, 0.2) is 23.1 Å². The molecule has 2 N–H and O–H groups in total. The van der Waals surface area contributed by atoms with Gasteiger partial charge in [0.1, 0.15) is 5.82 Å². The second-order valence-electron chi connectivity index (χ2n) is 2.55. The van der Waals surface area contributed by atoms with Gasteiger partial charge >= 0.3 is 5.97 Å². The smallest absolute Gasteiger partial charge is 0.315 e. The van der Waals surface area contributed by atoms with E-state index in [4.69, 9.17) is 5.73 Å². The van der Waals surface area contributed by atoms with E-state index in [1.165, 1.54) is 25.3 Å². The molecule has 0 bridgehead atoms. The topological polar surface area (TPSA) is 52.3 Å². The van der Waals surface area contributed by atoms with Gasteiger partial charge in [-0.15, -0.1) is 11.8 Å². The third kappa shape index (κ3) is 2.92. The zero-order chi connectivity index (χ0) is 10.6. The second kappa shape index (κ2) is 4.85. The number of carbonyl (C=O) groups is 1. The maximum Gasteiger partial charge on any atom is 0.315 e. The highest BCUT2D eigenvalue weighted by Gasteiger charge is 2.05. The molecular formula is C9H10FNO2S. The maximum atomic E-state index is 12.8. The highest BCUT2D eigenvalue weighted by atomic mass is 32.2. The fourth-order valence-corrected chi connectivity index (χ4v) is 1.65. The molecule has 0 saturated carbocycles. The first-order valence-electron chi connectivity index (χ1n) is 3.88. The molecule has 1 rings (SSSR count). The average Bonchev–Trinajstić information content (AvgIpc) is 2.19. The zero-order valence-electron chi connectivity index (χ0n) is 7.62. The van der Waals surface area contributed by atoms with Crippen LogP contribution in [0.5, 0.6) is 0 Å². The molecule has 0 atom stereocenters. The molecular weight excluding hydrogens is 205 g/mol. The number of nitrogen functional groups attached to an aromatic ring is 1. The minimum atomic E-state index is -0.369. The number of methoxy groups -OCH3 is 1. The number of hydrogen-bond donors (Lipinski definition) is 1. The number of hydrogen-bond acceptors (Lipinski definition) is 4. The predicted octanol–water partition coefficient (Wildman–Crippen LogP) is 1.67. The summed E-state index contributed by atoms with van der Waals surface area (Å²) in [4.78, 5) is 11.4. The van der Waals surface area contributed by atoms with Crippen LogP contribution in [-0.4, -0.2) is 18.8 Å². The molecule has 1 aromatic rings. The average molecular weight is 215 g/mol. The van der Waals surface area contributed by atoms with E-state index in [9.17, 15) is 9.18 Å². The van der Waals surface area contributed by atoms with E-state index in [1.807, 2.05) is 0 Å². The van der Waals surface area contributed by atoms with Gasteiger partial charge in [-0.25, -0.2) is 4.39 Å². The Labute approximate surface area is 85.4 Å². The van der Waals surface area contributed by atoms with Crippen molar-refractivity contribution in [1.29, 1.82) is 0 Å². The van der Waals surface area contributed by atoms with Crippen molar-refractivity contribution >= 4 is 23.4 Å². The van der Waals surface area contributed by atoms with Gasteiger partial charge in [-0.3, -0.25) is 4.79 Å². The fraction of sp³-hybridized carbons (Fsp3) is 0.222. The number of anilines is 1. The summed E-state index contributed by atoms with van der Waals surface area (Å²) in [5.41, 5.74) is 6.04. The summed E-state index contributed by atoms with van der Waals surface area (Å²) in [7, 11) is 1.30. The largest absolute Gasteiger partial charge is 0.468 e. The van der Waals surface area contributed by atoms with Gasteiger partial charge < -0.3 is 10.5 Å². The molecule has 5 heteroatoms. The third-order valence-electron chi connectivity index (χ3n) is 1.55. The number of nitrogens with two attached hydrogens (primary N) is 1. The fourth-order valence-electron chi connectivity index (χ4n) is 0.829. The first-order valence-corrected chi connectivity index (χ1v) is 4.86. The lowest BCUT2D eigenvalue weighted by molar-refractivity contribution is -0.137. The summed E-state index contributed by atoms with van der Waals surface area (Å²) < 4.78 is 17.2. The van der Waals surface area contributed by atoms with Crippen molar-refractivity contribution in [2.75, 3.05) is 18.6 Å². The Morgan fingerprint density at radius 2 is 2.36 bits per heavy atom. The summed E-state index contributed by atoms with van der Waals surface area (Å²) in [5, 5.41) is 0. The Bertz CT molecular complexity index is 344. The normalized spacial score (nSPS) is 9.86. The minimum absolute atomic E-state index is 0.129. The lowest BCUT2D eigenvalue weighted by atomic mass is 10.3. The van der Waals surface area contributed by atoms with Crippen LogP contribution in [0.1, 0.15) is 0 Å². The van der Waals surface area contributed by atoms with E-state index in [1.54, 1.807) is 0 Å². The molecule has 0 aliphatic carbocycles. The van der Waals surface area contributed by atoms with Crippen LogP contribution in [0.2, 0.25) is 0 Å². The summed E-state index contributed by atoms with van der Waals surface area (Å²) in [6.07, 6.45) is 0. The van der Waals surface area contributed by atoms with Gasteiger partial charge in [-0.05, 0) is 18.2 Å². The van der Waals surface area contributed by atoms with E-state index in [-0.39, 0.29) is 17.5 Å². The Hall–Kier alpha value is -1.23. The molecule has 0 aromatic heterocycles. The Kier molecular flexibility index (Phi) is 3.76. The number of thioether (sulfide) groups is 1. The van der Waals surface area contributed by atoms with Crippen molar-refractivity contribution < 1.29 is 13.9 Å². The quantitative estimate of drug-likeness (QED) is 0.473. The van der Waals surface area contributed by atoms with Gasteiger partial charge in [0.2, 0.25) is 0 Å². The maximum absolute atomic E-state index is 12.8. The van der Waals surface area contributed by atoms with Crippen LogP contribution in [0.3, 0.4) is 0 Å². The molecule has 0 fully saturated rings. The van der Waals surface area contributed by atoms with Gasteiger partial charge in [0, 0.05) is 10.6 Å². The Morgan fingerprint density at radius 1 is 1.64 bits per heavy atom. The molecule has 76 valence electrons. The van der Waals surface area contributed by atoms with Crippen molar-refractivity contribution in [2.24, 2.45) is 0 Å². The number of benzene rings is 1. The van der Waals surface area contributed by atoms with Crippen LogP contribution >= 0.6 is 11.8 Å². The van der Waals surface area contributed by atoms with E-state index in [2.05, 4.69) is 4.74 Å². The molecule has 0 aliphatic heterocycles. The molecule has 0 amide bonds. The van der Waals surface area contributed by atoms with Gasteiger partial charge in [0.15, 0.2) is 0 Å². The van der Waals surface area contributed by atoms with E-state index >= 15 is 0 Å². The lowest BCUT2D eigenvalue weighted by Gasteiger charge is -2.03. The number of rotatable bonds is 3. The lowest BCUT2D eigenvalue weighted by Crippen LogP contribution is -2.03. The summed E-state index contributed by atoms with van der Waals surface area (Å²) in [6, 6.07) is 4.04. The third-order valence-corrected chi connectivity index (χ3v) is 2.59. The molecule has 0 heterocycles. The van der Waals surface area contributed by atoms with Gasteiger partial charge in [0.25, 0.3) is 0 Å². The molecule has 0 saturated heterocycles. The van der Waals surface area contributed by atoms with Crippen LogP contribution in [-0.2, 0) is 9.53 Å². The van der Waals surface area contributed by atoms with Crippen LogP contribution < -0.4 is 5.73 Å². The van der Waals surface area contributed by atoms with Crippen LogP contribution in [0.4, 0.5) is 10.1 Å². The summed E-state index contributed by atoms with van der Waals surface area (Å²) in [6.45, 7) is 0. The highest BCUT2D eigenvalue weighted by molar-refractivity contribution is 8.00. The van der Waals surface area contributed by atoms with E-state index in [0.29, 0.717) is 10.6 Å². The Morgan fingerprint density at radius 3 is 3.00 bits per heavy atom. The Balaban J connectivity index is 2.66. The summed E-state index contributed by atoms with van der Waals surface area (Å²) >= 11 is 1.15. The molecule has 0 aliphatic rings. The second-order valence-corrected chi connectivity index (χ2v) is 3.56. The zero-order valence-corrected chi connectivity index (χ0v) is 8.44. The van der Waals surface area contributed by atoms with Crippen molar-refractivity contribution in [2.45, 2.75) is 4.90 Å². The first-order chi connectivity index (χ1) is 6.63. The molecule has 0 spiro atoms. The number of esters is 1. The van der Waals surface area contributed by atoms with E-state index < -0.39 is 0 Å². The van der Waals surface area contributed by atoms with Gasteiger partial charge in [0.05, 0.1) is 12.9 Å². The van der Waals surface area contributed by atoms with Crippen LogP contribution in [0, 0.1) is 5.82 Å². The molecule has 14 heavy (non-hydrogen) atoms. The number of ether oxygens (including phenoxy) is 1. The highest BCUT2D eigenvalue weighted by Crippen LogP contribution is 2.25. The van der Waals surface area contributed by atoms with Crippen molar-refractivity contribution in [3.8, 4) is 0 Å². The van der Waals surface area contributed by atoms with Crippen molar-refractivity contribution in [1.82, 2.24) is 0 Å². The minimum Gasteiger partial charge on any atom is -0.468 e. The molecule has 1 aromatic carbocycles. The van der Waals surface area contributed by atoms with Crippen molar-refractivity contribution in [3.05, 3.63) is 24.0 Å². The molecule has 0 unspecified atom stereocenters. The standard InChI is InChI=1S/C9H10FNO2S/c1-13-9(12)5-14-8-4-6(10)2-3-7(8)11/h2-4H,5,11H2,1H3. The number of halogens is 1. The summed E-state index contributed by atoms with van der Waals surface area (Å²) in [5.74, 6) is -0.602. The predicted molar refractivity (Wildman–Crippen MR) is 53.6 cm³/mol. The van der Waals surface area contributed by atoms with Crippen LogP contribution in [0.25, 0.3) is 0 Å². The SMILES string of the molecule is COC(=O)CSc1cc(F)ccc1N. The number of carbonyl (C=O) groups excluding carboxylic acids is 1. The van der Waals surface area contributed by atoms with Crippen molar-refractivity contribution in [3.63, 3.8) is 0 Å². The molecule has 3 nitrogen and oxygen atoms in total.